The molecule has 1 rings (SSSR count). The zero-order valence-corrected chi connectivity index (χ0v) is 11.0. The monoisotopic (exact) mass is 267 g/mol. The highest BCUT2D eigenvalue weighted by Crippen LogP contribution is 2.33. The zero-order valence-electron chi connectivity index (χ0n) is 10.2. The van der Waals surface area contributed by atoms with Crippen LogP contribution in [0.5, 0.6) is 0 Å². The first kappa shape index (κ1) is 14.2. The molecule has 0 aromatic rings. The minimum absolute atomic E-state index is 0.0352. The van der Waals surface area contributed by atoms with Crippen LogP contribution in [0.15, 0.2) is 0 Å². The van der Waals surface area contributed by atoms with Gasteiger partial charge in [0.05, 0.1) is 6.04 Å². The van der Waals surface area contributed by atoms with E-state index in [-0.39, 0.29) is 5.92 Å². The Morgan fingerprint density at radius 1 is 1.47 bits per heavy atom. The minimum Gasteiger partial charge on any atom is -0.444 e. The molecule has 1 aliphatic rings. The molecular weight excluding hydrogens is 249 g/mol. The van der Waals surface area contributed by atoms with Gasteiger partial charge in [-0.3, -0.25) is 0 Å². The summed E-state index contributed by atoms with van der Waals surface area (Å²) in [5, 5.41) is 2.41. The Kier molecular flexibility index (Phi) is 4.01. The van der Waals surface area contributed by atoms with Crippen LogP contribution in [-0.2, 0) is 15.0 Å². The third kappa shape index (κ3) is 6.45. The molecular formula is C10H18FNO4S. The van der Waals surface area contributed by atoms with E-state index in [2.05, 4.69) is 5.32 Å². The molecule has 1 saturated carbocycles. The summed E-state index contributed by atoms with van der Waals surface area (Å²) >= 11 is 0. The lowest BCUT2D eigenvalue weighted by atomic mass is 10.2. The van der Waals surface area contributed by atoms with E-state index in [9.17, 15) is 17.1 Å². The van der Waals surface area contributed by atoms with Crippen molar-refractivity contribution in [3.8, 4) is 0 Å². The second-order valence-corrected chi connectivity index (χ2v) is 6.71. The van der Waals surface area contributed by atoms with Crippen LogP contribution in [0.1, 0.15) is 33.6 Å². The van der Waals surface area contributed by atoms with Crippen LogP contribution in [0.3, 0.4) is 0 Å². The molecule has 0 heterocycles. The number of carbonyl (C=O) groups excluding carboxylic acids is 1. The van der Waals surface area contributed by atoms with Crippen molar-refractivity contribution < 1.29 is 21.8 Å². The van der Waals surface area contributed by atoms with Crippen LogP contribution in [-0.4, -0.2) is 31.9 Å². The van der Waals surface area contributed by atoms with E-state index in [0.29, 0.717) is 0 Å². The molecule has 0 aromatic heterocycles. The van der Waals surface area contributed by atoms with Crippen molar-refractivity contribution in [1.29, 1.82) is 0 Å². The van der Waals surface area contributed by atoms with Crippen molar-refractivity contribution >= 4 is 16.3 Å². The molecule has 1 amide bonds. The smallest absolute Gasteiger partial charge is 0.407 e. The van der Waals surface area contributed by atoms with Crippen LogP contribution in [0.25, 0.3) is 0 Å². The SMILES string of the molecule is CC(C)(C)OC(=O)NC(CS(=O)(=O)F)C1CC1. The van der Waals surface area contributed by atoms with Crippen molar-refractivity contribution in [2.45, 2.75) is 45.3 Å². The molecule has 17 heavy (non-hydrogen) atoms. The van der Waals surface area contributed by atoms with Gasteiger partial charge in [-0.05, 0) is 39.5 Å². The number of amides is 1. The summed E-state index contributed by atoms with van der Waals surface area (Å²) in [4.78, 5) is 11.4. The molecule has 5 nitrogen and oxygen atoms in total. The van der Waals surface area contributed by atoms with Gasteiger partial charge in [0.2, 0.25) is 0 Å². The van der Waals surface area contributed by atoms with Gasteiger partial charge in [0, 0.05) is 0 Å². The third-order valence-corrected chi connectivity index (χ3v) is 3.03. The fourth-order valence-electron chi connectivity index (χ4n) is 1.47. The fraction of sp³-hybridized carbons (Fsp3) is 0.900. The summed E-state index contributed by atoms with van der Waals surface area (Å²) < 4.78 is 38.8. The Hall–Kier alpha value is -0.850. The molecule has 1 fully saturated rings. The number of halogens is 1. The summed E-state index contributed by atoms with van der Waals surface area (Å²) in [6.45, 7) is 5.10. The van der Waals surface area contributed by atoms with E-state index in [1.807, 2.05) is 0 Å². The molecule has 100 valence electrons. The Morgan fingerprint density at radius 2 is 2.00 bits per heavy atom. The van der Waals surface area contributed by atoms with Crippen LogP contribution >= 0.6 is 0 Å². The lowest BCUT2D eigenvalue weighted by Crippen LogP contribution is -2.43. The average molecular weight is 267 g/mol. The van der Waals surface area contributed by atoms with Crippen LogP contribution in [0, 0.1) is 5.92 Å². The van der Waals surface area contributed by atoms with Gasteiger partial charge in [-0.25, -0.2) is 4.79 Å². The summed E-state index contributed by atoms with van der Waals surface area (Å²) in [5.41, 5.74) is -0.660. The van der Waals surface area contributed by atoms with Gasteiger partial charge in [0.25, 0.3) is 0 Å². The van der Waals surface area contributed by atoms with E-state index >= 15 is 0 Å². The van der Waals surface area contributed by atoms with Crippen LogP contribution in [0.4, 0.5) is 8.68 Å². The minimum atomic E-state index is -4.59. The number of hydrogen-bond acceptors (Lipinski definition) is 4. The van der Waals surface area contributed by atoms with E-state index in [1.165, 1.54) is 0 Å². The first-order valence-corrected chi connectivity index (χ1v) is 7.04. The maximum atomic E-state index is 12.6. The number of hydrogen-bond donors (Lipinski definition) is 1. The summed E-state index contributed by atoms with van der Waals surface area (Å²) in [6, 6.07) is -0.695. The zero-order chi connectivity index (χ0) is 13.3. The molecule has 0 aliphatic heterocycles. The normalized spacial score (nSPS) is 18.6. The lowest BCUT2D eigenvalue weighted by Gasteiger charge is -2.22. The Labute approximate surface area is 101 Å². The van der Waals surface area contributed by atoms with Gasteiger partial charge in [-0.15, -0.1) is 3.89 Å². The highest BCUT2D eigenvalue weighted by molar-refractivity contribution is 7.86. The van der Waals surface area contributed by atoms with Crippen molar-refractivity contribution in [3.05, 3.63) is 0 Å². The van der Waals surface area contributed by atoms with Gasteiger partial charge >= 0.3 is 16.3 Å². The van der Waals surface area contributed by atoms with Crippen molar-refractivity contribution in [2.75, 3.05) is 5.75 Å². The molecule has 0 radical (unpaired) electrons. The largest absolute Gasteiger partial charge is 0.444 e. The van der Waals surface area contributed by atoms with E-state index in [4.69, 9.17) is 4.74 Å². The molecule has 0 aromatic carbocycles. The first-order chi connectivity index (χ1) is 7.57. The second kappa shape index (κ2) is 4.80. The van der Waals surface area contributed by atoms with Crippen LogP contribution in [0.2, 0.25) is 0 Å². The number of carbonyl (C=O) groups is 1. The predicted octanol–water partition coefficient (Wildman–Crippen LogP) is 1.59. The number of alkyl carbamates (subject to hydrolysis) is 1. The van der Waals surface area contributed by atoms with Gasteiger partial charge in [0.15, 0.2) is 0 Å². The van der Waals surface area contributed by atoms with Crippen molar-refractivity contribution in [1.82, 2.24) is 5.32 Å². The highest BCUT2D eigenvalue weighted by atomic mass is 32.3. The Balaban J connectivity index is 2.53. The molecule has 1 unspecified atom stereocenters. The third-order valence-electron chi connectivity index (χ3n) is 2.27. The molecule has 0 spiro atoms. The van der Waals surface area contributed by atoms with Gasteiger partial charge < -0.3 is 10.1 Å². The maximum Gasteiger partial charge on any atom is 0.407 e. The standard InChI is InChI=1S/C10H18FNO4S/c1-10(2,3)16-9(13)12-8(7-4-5-7)6-17(11,14)15/h7-8H,4-6H2,1-3H3,(H,12,13). The Morgan fingerprint density at radius 3 is 2.35 bits per heavy atom. The second-order valence-electron chi connectivity index (χ2n) is 5.30. The first-order valence-electron chi connectivity index (χ1n) is 5.49. The van der Waals surface area contributed by atoms with Gasteiger partial charge in [0.1, 0.15) is 11.4 Å². The molecule has 1 aliphatic carbocycles. The van der Waals surface area contributed by atoms with Crippen molar-refractivity contribution in [3.63, 3.8) is 0 Å². The summed E-state index contributed by atoms with van der Waals surface area (Å²) in [5.74, 6) is -0.648. The summed E-state index contributed by atoms with van der Waals surface area (Å²) in [7, 11) is -4.59. The number of nitrogens with one attached hydrogen (secondary N) is 1. The van der Waals surface area contributed by atoms with E-state index < -0.39 is 33.7 Å². The molecule has 0 bridgehead atoms. The topological polar surface area (TPSA) is 72.5 Å². The number of ether oxygens (including phenoxy) is 1. The van der Waals surface area contributed by atoms with Gasteiger partial charge in [-0.1, -0.05) is 0 Å². The summed E-state index contributed by atoms with van der Waals surface area (Å²) in [6.07, 6.45) is 0.893. The molecule has 1 N–H and O–H groups in total. The fourth-order valence-corrected chi connectivity index (χ4v) is 2.25. The van der Waals surface area contributed by atoms with Crippen LogP contribution < -0.4 is 5.32 Å². The molecule has 7 heteroatoms. The lowest BCUT2D eigenvalue weighted by molar-refractivity contribution is 0.0504. The van der Waals surface area contributed by atoms with Crippen molar-refractivity contribution in [2.24, 2.45) is 5.92 Å². The molecule has 1 atom stereocenters. The quantitative estimate of drug-likeness (QED) is 0.785. The highest BCUT2D eigenvalue weighted by Gasteiger charge is 2.36. The Bertz CT molecular complexity index is 384. The van der Waals surface area contributed by atoms with Gasteiger partial charge in [-0.2, -0.15) is 8.42 Å². The van der Waals surface area contributed by atoms with E-state index in [1.54, 1.807) is 20.8 Å². The molecule has 0 saturated heterocycles. The van der Waals surface area contributed by atoms with E-state index in [0.717, 1.165) is 12.8 Å². The number of rotatable bonds is 4. The predicted molar refractivity (Wildman–Crippen MR) is 60.8 cm³/mol. The average Bonchev–Trinajstić information content (AvgIpc) is 2.76. The maximum absolute atomic E-state index is 12.6.